The summed E-state index contributed by atoms with van der Waals surface area (Å²) in [4.78, 5) is 33.5. The highest BCUT2D eigenvalue weighted by atomic mass is 35.5. The number of halogens is 2. The minimum absolute atomic E-state index is 0.0882. The number of fused-ring (bicyclic) bond motifs is 3. The molecular formula is C19H14Cl2N4O2. The van der Waals surface area contributed by atoms with E-state index in [1.165, 1.54) is 0 Å². The van der Waals surface area contributed by atoms with Crippen LogP contribution in [0.25, 0.3) is 11.0 Å². The lowest BCUT2D eigenvalue weighted by atomic mass is 10.2. The lowest BCUT2D eigenvalue weighted by Gasteiger charge is -2.23. The van der Waals surface area contributed by atoms with Gasteiger partial charge in [0.2, 0.25) is 11.9 Å². The summed E-state index contributed by atoms with van der Waals surface area (Å²) < 4.78 is 2.09. The monoisotopic (exact) mass is 400 g/mol. The summed E-state index contributed by atoms with van der Waals surface area (Å²) in [6.45, 7) is 1.36. The third-order valence-electron chi connectivity index (χ3n) is 5.13. The van der Waals surface area contributed by atoms with Crippen LogP contribution in [0.2, 0.25) is 10.0 Å². The van der Waals surface area contributed by atoms with Crippen LogP contribution in [-0.2, 0) is 16.1 Å². The first-order valence-electron chi connectivity index (χ1n) is 8.59. The Kier molecular flexibility index (Phi) is 3.67. The summed E-state index contributed by atoms with van der Waals surface area (Å²) in [5.74, 6) is 0.134. The van der Waals surface area contributed by atoms with E-state index >= 15 is 0 Å². The lowest BCUT2D eigenvalue weighted by molar-refractivity contribution is -0.121. The van der Waals surface area contributed by atoms with Crippen LogP contribution < -0.4 is 9.80 Å². The van der Waals surface area contributed by atoms with Gasteiger partial charge in [-0.2, -0.15) is 0 Å². The van der Waals surface area contributed by atoms with Crippen LogP contribution in [-0.4, -0.2) is 34.0 Å². The highest BCUT2D eigenvalue weighted by Crippen LogP contribution is 2.37. The second-order valence-electron chi connectivity index (χ2n) is 6.61. The number of aromatic nitrogens is 2. The number of benzene rings is 2. The molecule has 2 amide bonds. The fourth-order valence-corrected chi connectivity index (χ4v) is 4.26. The molecule has 1 aromatic heterocycles. The van der Waals surface area contributed by atoms with Crippen molar-refractivity contribution in [2.75, 3.05) is 16.3 Å². The highest BCUT2D eigenvalue weighted by molar-refractivity contribution is 6.45. The van der Waals surface area contributed by atoms with Gasteiger partial charge in [-0.25, -0.2) is 9.88 Å². The first-order chi connectivity index (χ1) is 13.1. The molecule has 2 aromatic carbocycles. The zero-order valence-corrected chi connectivity index (χ0v) is 15.6. The quantitative estimate of drug-likeness (QED) is 0.617. The molecule has 2 aliphatic rings. The van der Waals surface area contributed by atoms with E-state index in [1.54, 1.807) is 18.2 Å². The van der Waals surface area contributed by atoms with Crippen molar-refractivity contribution in [3.05, 3.63) is 52.5 Å². The molecule has 2 aliphatic heterocycles. The molecule has 136 valence electrons. The Morgan fingerprint density at radius 3 is 2.67 bits per heavy atom. The van der Waals surface area contributed by atoms with Crippen molar-refractivity contribution in [1.29, 1.82) is 0 Å². The van der Waals surface area contributed by atoms with E-state index in [0.717, 1.165) is 28.4 Å². The summed E-state index contributed by atoms with van der Waals surface area (Å²) in [6, 6.07) is 12.2. The SMILES string of the molecule is O=C1CC(N2CCn3c2nc2ccccc23)C(=O)N1c1cccc(Cl)c1Cl. The first kappa shape index (κ1) is 16.6. The molecule has 1 atom stereocenters. The maximum atomic E-state index is 13.1. The summed E-state index contributed by atoms with van der Waals surface area (Å²) in [5, 5.41) is 0.511. The van der Waals surface area contributed by atoms with E-state index in [9.17, 15) is 9.59 Å². The van der Waals surface area contributed by atoms with Gasteiger partial charge in [0, 0.05) is 13.1 Å². The van der Waals surface area contributed by atoms with Crippen molar-refractivity contribution in [2.45, 2.75) is 19.0 Å². The molecule has 0 bridgehead atoms. The van der Waals surface area contributed by atoms with Crippen molar-refractivity contribution in [3.63, 3.8) is 0 Å². The summed E-state index contributed by atoms with van der Waals surface area (Å²) in [6.07, 6.45) is 0.0882. The van der Waals surface area contributed by atoms with Crippen LogP contribution in [0.15, 0.2) is 42.5 Å². The number of imide groups is 1. The van der Waals surface area contributed by atoms with E-state index in [1.807, 2.05) is 29.2 Å². The molecule has 6 nitrogen and oxygen atoms in total. The van der Waals surface area contributed by atoms with Crippen molar-refractivity contribution >= 4 is 57.7 Å². The maximum Gasteiger partial charge on any atom is 0.257 e. The van der Waals surface area contributed by atoms with Crippen LogP contribution in [0, 0.1) is 0 Å². The topological polar surface area (TPSA) is 58.4 Å². The van der Waals surface area contributed by atoms with Crippen molar-refractivity contribution in [1.82, 2.24) is 9.55 Å². The van der Waals surface area contributed by atoms with Crippen molar-refractivity contribution in [2.24, 2.45) is 0 Å². The Morgan fingerprint density at radius 1 is 1.00 bits per heavy atom. The van der Waals surface area contributed by atoms with Crippen LogP contribution in [0.4, 0.5) is 11.6 Å². The zero-order chi connectivity index (χ0) is 18.7. The normalized spacial score (nSPS) is 19.4. The van der Waals surface area contributed by atoms with E-state index in [0.29, 0.717) is 17.3 Å². The van der Waals surface area contributed by atoms with Gasteiger partial charge in [0.05, 0.1) is 33.2 Å². The molecule has 0 radical (unpaired) electrons. The molecule has 27 heavy (non-hydrogen) atoms. The Hall–Kier alpha value is -2.57. The fourth-order valence-electron chi connectivity index (χ4n) is 3.88. The van der Waals surface area contributed by atoms with Gasteiger partial charge in [0.25, 0.3) is 5.91 Å². The predicted octanol–water partition coefficient (Wildman–Crippen LogP) is 3.50. The van der Waals surface area contributed by atoms with Crippen LogP contribution in [0.1, 0.15) is 6.42 Å². The molecule has 1 unspecified atom stereocenters. The van der Waals surface area contributed by atoms with Crippen LogP contribution >= 0.6 is 23.2 Å². The second kappa shape index (κ2) is 5.97. The van der Waals surface area contributed by atoms with E-state index in [4.69, 9.17) is 23.2 Å². The standard InChI is InChI=1S/C19H14Cl2N4O2/c20-11-4-3-7-14(17(11)21)25-16(26)10-15(18(25)27)24-9-8-23-13-6-2-1-5-12(13)22-19(23)24/h1-7,15H,8-10H2. The van der Waals surface area contributed by atoms with Gasteiger partial charge in [-0.05, 0) is 24.3 Å². The van der Waals surface area contributed by atoms with Gasteiger partial charge < -0.3 is 9.47 Å². The minimum Gasteiger partial charge on any atom is -0.328 e. The fraction of sp³-hybridized carbons (Fsp3) is 0.211. The van der Waals surface area contributed by atoms with Gasteiger partial charge in [0.1, 0.15) is 6.04 Å². The third-order valence-corrected chi connectivity index (χ3v) is 5.94. The first-order valence-corrected chi connectivity index (χ1v) is 9.34. The Morgan fingerprint density at radius 2 is 1.81 bits per heavy atom. The zero-order valence-electron chi connectivity index (χ0n) is 14.1. The van der Waals surface area contributed by atoms with E-state index in [-0.39, 0.29) is 23.3 Å². The number of para-hydroxylation sites is 2. The van der Waals surface area contributed by atoms with Crippen molar-refractivity contribution in [3.8, 4) is 0 Å². The molecule has 0 aliphatic carbocycles. The van der Waals surface area contributed by atoms with Gasteiger partial charge in [-0.1, -0.05) is 41.4 Å². The molecule has 1 fully saturated rings. The molecule has 3 aromatic rings. The Balaban J connectivity index is 1.53. The summed E-state index contributed by atoms with van der Waals surface area (Å²) in [7, 11) is 0. The molecule has 0 N–H and O–H groups in total. The number of carbonyl (C=O) groups is 2. The average molecular weight is 401 g/mol. The maximum absolute atomic E-state index is 13.1. The number of hydrogen-bond acceptors (Lipinski definition) is 4. The number of imidazole rings is 1. The number of nitrogens with zero attached hydrogens (tertiary/aromatic N) is 4. The van der Waals surface area contributed by atoms with Crippen molar-refractivity contribution < 1.29 is 9.59 Å². The largest absolute Gasteiger partial charge is 0.328 e. The molecule has 8 heteroatoms. The van der Waals surface area contributed by atoms with Crippen LogP contribution in [0.5, 0.6) is 0 Å². The predicted molar refractivity (Wildman–Crippen MR) is 104 cm³/mol. The van der Waals surface area contributed by atoms with Gasteiger partial charge in [-0.15, -0.1) is 0 Å². The Bertz CT molecular complexity index is 1110. The number of anilines is 2. The lowest BCUT2D eigenvalue weighted by Crippen LogP contribution is -2.41. The Labute approximate surface area is 164 Å². The molecule has 5 rings (SSSR count). The molecule has 3 heterocycles. The summed E-state index contributed by atoms with van der Waals surface area (Å²) >= 11 is 12.3. The summed E-state index contributed by atoms with van der Waals surface area (Å²) in [5.41, 5.74) is 2.24. The minimum atomic E-state index is -0.592. The average Bonchev–Trinajstić information content (AvgIpc) is 3.30. The molecule has 0 spiro atoms. The van der Waals surface area contributed by atoms with E-state index < -0.39 is 6.04 Å². The number of amides is 2. The molecular weight excluding hydrogens is 387 g/mol. The van der Waals surface area contributed by atoms with Gasteiger partial charge in [0.15, 0.2) is 0 Å². The number of hydrogen-bond donors (Lipinski definition) is 0. The third kappa shape index (κ3) is 2.37. The smallest absolute Gasteiger partial charge is 0.257 e. The molecule has 0 saturated carbocycles. The number of carbonyl (C=O) groups excluding carboxylic acids is 2. The van der Waals surface area contributed by atoms with Gasteiger partial charge >= 0.3 is 0 Å². The highest BCUT2D eigenvalue weighted by Gasteiger charge is 2.46. The number of rotatable bonds is 2. The molecule has 1 saturated heterocycles. The second-order valence-corrected chi connectivity index (χ2v) is 7.39. The van der Waals surface area contributed by atoms with E-state index in [2.05, 4.69) is 9.55 Å². The van der Waals surface area contributed by atoms with Crippen LogP contribution in [0.3, 0.4) is 0 Å². The van der Waals surface area contributed by atoms with Gasteiger partial charge in [-0.3, -0.25) is 9.59 Å².